The summed E-state index contributed by atoms with van der Waals surface area (Å²) in [5.41, 5.74) is 2.69. The first-order valence-corrected chi connectivity index (χ1v) is 8.99. The summed E-state index contributed by atoms with van der Waals surface area (Å²) in [6.07, 6.45) is 3.04. The van der Waals surface area contributed by atoms with E-state index in [4.69, 9.17) is 0 Å². The second kappa shape index (κ2) is 6.82. The first-order valence-electron chi connectivity index (χ1n) is 8.17. The number of hydrogen-bond acceptors (Lipinski definition) is 4. The molecule has 0 aliphatic carbocycles. The number of nitrogens with one attached hydrogen (secondary N) is 1. The molecule has 5 nitrogen and oxygen atoms in total. The second-order valence-corrected chi connectivity index (χ2v) is 7.04. The Kier molecular flexibility index (Phi) is 4.36. The minimum atomic E-state index is -0.609. The number of aliphatic hydroxyl groups excluding tert-OH is 1. The molecule has 0 spiro atoms. The molecule has 4 rings (SSSR count). The largest absolute Gasteiger partial charge is 0.387 e. The summed E-state index contributed by atoms with van der Waals surface area (Å²) >= 11 is 0.907. The minimum Gasteiger partial charge on any atom is -0.387 e. The standard InChI is InChI=1S/C20H16N2O3S/c23-17(13-5-2-1-3-6-13)12-22-10-9-15-14(7-4-8-16(15)22)11-18-19(24)21-20(25)26-18/h1-11,17,23H,12H2,(H,21,24,25)/b18-11-. The van der Waals surface area contributed by atoms with Crippen LogP contribution in [-0.4, -0.2) is 20.8 Å². The van der Waals surface area contributed by atoms with Gasteiger partial charge in [-0.15, -0.1) is 0 Å². The molecule has 6 heteroatoms. The van der Waals surface area contributed by atoms with Gasteiger partial charge in [-0.2, -0.15) is 0 Å². The second-order valence-electron chi connectivity index (χ2n) is 6.03. The minimum absolute atomic E-state index is 0.350. The normalized spacial score (nSPS) is 17.0. The van der Waals surface area contributed by atoms with Gasteiger partial charge < -0.3 is 9.67 Å². The van der Waals surface area contributed by atoms with Crippen LogP contribution in [0.3, 0.4) is 0 Å². The van der Waals surface area contributed by atoms with E-state index < -0.39 is 6.10 Å². The summed E-state index contributed by atoms with van der Waals surface area (Å²) in [6.45, 7) is 0.432. The molecule has 2 heterocycles. The van der Waals surface area contributed by atoms with E-state index in [1.807, 2.05) is 65.4 Å². The fourth-order valence-corrected chi connectivity index (χ4v) is 3.73. The van der Waals surface area contributed by atoms with E-state index in [9.17, 15) is 14.7 Å². The molecule has 2 aromatic carbocycles. The molecular formula is C20H16N2O3S. The van der Waals surface area contributed by atoms with Crippen molar-refractivity contribution in [1.82, 2.24) is 9.88 Å². The van der Waals surface area contributed by atoms with Crippen LogP contribution in [0.2, 0.25) is 0 Å². The zero-order valence-corrected chi connectivity index (χ0v) is 14.6. The van der Waals surface area contributed by atoms with Gasteiger partial charge >= 0.3 is 0 Å². The van der Waals surface area contributed by atoms with Crippen LogP contribution in [0.15, 0.2) is 65.7 Å². The Hall–Kier alpha value is -2.83. The molecule has 0 saturated carbocycles. The first-order chi connectivity index (χ1) is 12.6. The Balaban J connectivity index is 1.66. The number of thioether (sulfide) groups is 1. The number of fused-ring (bicyclic) bond motifs is 1. The van der Waals surface area contributed by atoms with Gasteiger partial charge in [0.2, 0.25) is 0 Å². The van der Waals surface area contributed by atoms with Gasteiger partial charge in [-0.3, -0.25) is 14.9 Å². The summed E-state index contributed by atoms with van der Waals surface area (Å²) in [6, 6.07) is 17.3. The van der Waals surface area contributed by atoms with Crippen molar-refractivity contribution in [2.75, 3.05) is 0 Å². The molecule has 2 N–H and O–H groups in total. The van der Waals surface area contributed by atoms with Crippen LogP contribution in [0, 0.1) is 0 Å². The molecule has 2 amide bonds. The lowest BCUT2D eigenvalue weighted by atomic mass is 10.1. The van der Waals surface area contributed by atoms with Crippen molar-refractivity contribution in [3.63, 3.8) is 0 Å². The maximum absolute atomic E-state index is 11.8. The molecule has 1 unspecified atom stereocenters. The smallest absolute Gasteiger partial charge is 0.290 e. The van der Waals surface area contributed by atoms with E-state index in [1.54, 1.807) is 6.08 Å². The van der Waals surface area contributed by atoms with Crippen molar-refractivity contribution in [3.05, 3.63) is 76.8 Å². The first kappa shape index (κ1) is 16.6. The molecule has 0 radical (unpaired) electrons. The Bertz CT molecular complexity index is 1020. The number of aromatic nitrogens is 1. The molecule has 1 aliphatic rings. The van der Waals surface area contributed by atoms with Crippen LogP contribution in [0.5, 0.6) is 0 Å². The molecule has 1 atom stereocenters. The van der Waals surface area contributed by atoms with Crippen molar-refractivity contribution >= 4 is 39.9 Å². The molecular weight excluding hydrogens is 348 g/mol. The van der Waals surface area contributed by atoms with Crippen molar-refractivity contribution in [2.45, 2.75) is 12.6 Å². The summed E-state index contributed by atoms with van der Waals surface area (Å²) in [5, 5.41) is 13.4. The third kappa shape index (κ3) is 3.16. The van der Waals surface area contributed by atoms with Crippen LogP contribution in [0.4, 0.5) is 4.79 Å². The molecule has 26 heavy (non-hydrogen) atoms. The topological polar surface area (TPSA) is 71.3 Å². The van der Waals surface area contributed by atoms with Gasteiger partial charge in [0, 0.05) is 17.1 Å². The fourth-order valence-electron chi connectivity index (χ4n) is 3.06. The van der Waals surface area contributed by atoms with Crippen LogP contribution >= 0.6 is 11.8 Å². The maximum Gasteiger partial charge on any atom is 0.290 e. The highest BCUT2D eigenvalue weighted by molar-refractivity contribution is 8.18. The lowest BCUT2D eigenvalue weighted by molar-refractivity contribution is -0.115. The van der Waals surface area contributed by atoms with Crippen LogP contribution in [0.25, 0.3) is 17.0 Å². The van der Waals surface area contributed by atoms with Crippen LogP contribution < -0.4 is 5.32 Å². The fraction of sp³-hybridized carbons (Fsp3) is 0.100. The summed E-state index contributed by atoms with van der Waals surface area (Å²) < 4.78 is 1.99. The molecule has 1 aliphatic heterocycles. The quantitative estimate of drug-likeness (QED) is 0.693. The number of benzene rings is 2. The number of aliphatic hydroxyl groups is 1. The van der Waals surface area contributed by atoms with E-state index in [2.05, 4.69) is 5.32 Å². The average Bonchev–Trinajstić information content (AvgIpc) is 3.19. The van der Waals surface area contributed by atoms with E-state index >= 15 is 0 Å². The highest BCUT2D eigenvalue weighted by Gasteiger charge is 2.25. The van der Waals surface area contributed by atoms with Crippen molar-refractivity contribution in [2.24, 2.45) is 0 Å². The molecule has 1 aromatic heterocycles. The predicted octanol–water partition coefficient (Wildman–Crippen LogP) is 3.70. The monoisotopic (exact) mass is 364 g/mol. The number of imide groups is 1. The van der Waals surface area contributed by atoms with Crippen molar-refractivity contribution in [3.8, 4) is 0 Å². The SMILES string of the molecule is O=C1NC(=O)/C(=C/c2cccc3c2ccn3CC(O)c2ccccc2)S1. The third-order valence-corrected chi connectivity index (χ3v) is 5.14. The predicted molar refractivity (Wildman–Crippen MR) is 102 cm³/mol. The number of carbonyl (C=O) groups excluding carboxylic acids is 2. The third-order valence-electron chi connectivity index (χ3n) is 4.33. The van der Waals surface area contributed by atoms with Crippen molar-refractivity contribution < 1.29 is 14.7 Å². The average molecular weight is 364 g/mol. The molecule has 130 valence electrons. The summed E-state index contributed by atoms with van der Waals surface area (Å²) in [7, 11) is 0. The number of amides is 2. The molecule has 0 bridgehead atoms. The van der Waals surface area contributed by atoms with E-state index in [0.717, 1.165) is 33.8 Å². The van der Waals surface area contributed by atoms with Crippen molar-refractivity contribution in [1.29, 1.82) is 0 Å². The molecule has 3 aromatic rings. The Labute approximate surface area is 154 Å². The lowest BCUT2D eigenvalue weighted by Gasteiger charge is -2.13. The highest BCUT2D eigenvalue weighted by atomic mass is 32.2. The summed E-state index contributed by atoms with van der Waals surface area (Å²) in [5.74, 6) is -0.365. The molecule has 1 fully saturated rings. The maximum atomic E-state index is 11.8. The van der Waals surface area contributed by atoms with Gasteiger partial charge in [0.05, 0.1) is 17.6 Å². The Morgan fingerprint density at radius 2 is 1.88 bits per heavy atom. The van der Waals surface area contributed by atoms with Gasteiger partial charge in [-0.1, -0.05) is 42.5 Å². The van der Waals surface area contributed by atoms with E-state index in [0.29, 0.717) is 11.4 Å². The van der Waals surface area contributed by atoms with Crippen LogP contribution in [-0.2, 0) is 11.3 Å². The van der Waals surface area contributed by atoms with Gasteiger partial charge in [0.15, 0.2) is 0 Å². The zero-order valence-electron chi connectivity index (χ0n) is 13.8. The Morgan fingerprint density at radius 1 is 1.08 bits per heavy atom. The van der Waals surface area contributed by atoms with Gasteiger partial charge in [-0.05, 0) is 41.1 Å². The number of carbonyl (C=O) groups is 2. The summed E-state index contributed by atoms with van der Waals surface area (Å²) in [4.78, 5) is 23.5. The highest BCUT2D eigenvalue weighted by Crippen LogP contribution is 2.29. The van der Waals surface area contributed by atoms with Gasteiger partial charge in [0.1, 0.15) is 0 Å². The van der Waals surface area contributed by atoms with E-state index in [1.165, 1.54) is 0 Å². The van der Waals surface area contributed by atoms with E-state index in [-0.39, 0.29) is 11.1 Å². The lowest BCUT2D eigenvalue weighted by Crippen LogP contribution is -2.17. The van der Waals surface area contributed by atoms with Crippen LogP contribution in [0.1, 0.15) is 17.2 Å². The zero-order chi connectivity index (χ0) is 18.1. The molecule has 1 saturated heterocycles. The number of hydrogen-bond donors (Lipinski definition) is 2. The van der Waals surface area contributed by atoms with Gasteiger partial charge in [-0.25, -0.2) is 0 Å². The number of nitrogens with zero attached hydrogens (tertiary/aromatic N) is 1. The number of rotatable bonds is 4. The Morgan fingerprint density at radius 3 is 2.62 bits per heavy atom. The van der Waals surface area contributed by atoms with Gasteiger partial charge in [0.25, 0.3) is 11.1 Å².